The fourth-order valence-corrected chi connectivity index (χ4v) is 5.43. The number of carbonyl (C=O) groups is 5. The van der Waals surface area contributed by atoms with Crippen LogP contribution in [0.5, 0.6) is 0 Å². The van der Waals surface area contributed by atoms with Crippen LogP contribution < -0.4 is 21.3 Å². The number of ether oxygens (including phenoxy) is 3. The molecule has 2 aliphatic heterocycles. The highest BCUT2D eigenvalue weighted by Gasteiger charge is 2.37. The zero-order valence-corrected chi connectivity index (χ0v) is 25.5. The lowest BCUT2D eigenvalue weighted by atomic mass is 10.1. The number of thiophene rings is 1. The van der Waals surface area contributed by atoms with E-state index in [2.05, 4.69) is 0 Å². The third kappa shape index (κ3) is 8.87. The van der Waals surface area contributed by atoms with Crippen LogP contribution in [0.2, 0.25) is 4.34 Å². The summed E-state index contributed by atoms with van der Waals surface area (Å²) >= 11 is 6.97. The molecule has 1 aromatic heterocycles. The van der Waals surface area contributed by atoms with Crippen molar-refractivity contribution in [2.45, 2.75) is 31.4 Å². The Kier molecular flexibility index (Phi) is 12.7. The van der Waals surface area contributed by atoms with Gasteiger partial charge < -0.3 is 30.6 Å². The Morgan fingerprint density at radius 2 is 1.79 bits per heavy atom. The van der Waals surface area contributed by atoms with Crippen molar-refractivity contribution in [3.8, 4) is 0 Å². The lowest BCUT2D eigenvalue weighted by molar-refractivity contribution is -0.152. The molecule has 13 nitrogen and oxygen atoms in total. The highest BCUT2D eigenvalue weighted by Crippen LogP contribution is 2.27. The molecule has 4 N–H and O–H groups in total. The second kappa shape index (κ2) is 16.0. The minimum absolute atomic E-state index is 0. The average molecular weight is 659 g/mol. The molecule has 0 bridgehead atoms. The predicted molar refractivity (Wildman–Crippen MR) is 162 cm³/mol. The quantitative estimate of drug-likeness (QED) is 0.254. The van der Waals surface area contributed by atoms with Crippen LogP contribution in [-0.2, 0) is 28.6 Å². The molecule has 2 atom stereocenters. The van der Waals surface area contributed by atoms with E-state index in [1.54, 1.807) is 29.2 Å². The highest BCUT2D eigenvalue weighted by molar-refractivity contribution is 7.18. The number of benzene rings is 1. The third-order valence-electron chi connectivity index (χ3n) is 6.66. The maximum Gasteiger partial charge on any atom is 0.414 e. The van der Waals surface area contributed by atoms with Crippen LogP contribution in [-0.4, -0.2) is 92.8 Å². The SMILES string of the molecule is Cl.NCCCC[C@H](N)C(=O)OCC(=O)N(C[C@H]1CN(c2ccc(N3CCOCC3=O)cc2)C(=O)O1)C(=O)c1ccc(Cl)s1. The Morgan fingerprint density at radius 1 is 1.09 bits per heavy atom. The summed E-state index contributed by atoms with van der Waals surface area (Å²) in [6, 6.07) is 8.86. The van der Waals surface area contributed by atoms with Crippen molar-refractivity contribution in [3.05, 3.63) is 45.6 Å². The monoisotopic (exact) mass is 657 g/mol. The minimum Gasteiger partial charge on any atom is -0.454 e. The van der Waals surface area contributed by atoms with E-state index < -0.39 is 42.6 Å². The smallest absolute Gasteiger partial charge is 0.414 e. The third-order valence-corrected chi connectivity index (χ3v) is 7.88. The average Bonchev–Trinajstić information content (AvgIpc) is 3.59. The van der Waals surface area contributed by atoms with Gasteiger partial charge in [-0.05, 0) is 55.8 Å². The van der Waals surface area contributed by atoms with Gasteiger partial charge in [0.25, 0.3) is 17.7 Å². The number of halogens is 2. The Bertz CT molecular complexity index is 1310. The van der Waals surface area contributed by atoms with Gasteiger partial charge in [-0.15, -0.1) is 23.7 Å². The first kappa shape index (κ1) is 34.2. The van der Waals surface area contributed by atoms with Gasteiger partial charge >= 0.3 is 12.1 Å². The first-order valence-corrected chi connectivity index (χ1v) is 14.6. The number of rotatable bonds is 12. The summed E-state index contributed by atoms with van der Waals surface area (Å²) in [5.74, 6) is -2.40. The topological polar surface area (TPSA) is 175 Å². The van der Waals surface area contributed by atoms with Crippen molar-refractivity contribution in [2.24, 2.45) is 11.5 Å². The van der Waals surface area contributed by atoms with E-state index in [0.717, 1.165) is 16.2 Å². The molecule has 2 aromatic rings. The van der Waals surface area contributed by atoms with Crippen LogP contribution in [0.15, 0.2) is 36.4 Å². The first-order valence-electron chi connectivity index (χ1n) is 13.4. The molecule has 2 saturated heterocycles. The van der Waals surface area contributed by atoms with Gasteiger partial charge in [0, 0.05) is 17.9 Å². The van der Waals surface area contributed by atoms with Crippen LogP contribution in [0, 0.1) is 0 Å². The van der Waals surface area contributed by atoms with Crippen molar-refractivity contribution in [2.75, 3.05) is 55.8 Å². The number of hydrogen-bond acceptors (Lipinski definition) is 11. The fourth-order valence-electron chi connectivity index (χ4n) is 4.44. The first-order chi connectivity index (χ1) is 20.2. The molecule has 16 heteroatoms. The van der Waals surface area contributed by atoms with E-state index >= 15 is 0 Å². The predicted octanol–water partition coefficient (Wildman–Crippen LogP) is 2.18. The van der Waals surface area contributed by atoms with E-state index in [1.807, 2.05) is 0 Å². The van der Waals surface area contributed by atoms with Crippen molar-refractivity contribution < 1.29 is 38.2 Å². The van der Waals surface area contributed by atoms with Gasteiger partial charge in [-0.25, -0.2) is 4.79 Å². The maximum atomic E-state index is 13.3. The minimum atomic E-state index is -0.929. The lowest BCUT2D eigenvalue weighted by Gasteiger charge is -2.27. The zero-order chi connectivity index (χ0) is 30.2. The van der Waals surface area contributed by atoms with E-state index in [4.69, 9.17) is 37.3 Å². The maximum absolute atomic E-state index is 13.3. The van der Waals surface area contributed by atoms with Gasteiger partial charge in [0.15, 0.2) is 6.61 Å². The summed E-state index contributed by atoms with van der Waals surface area (Å²) in [6.45, 7) is 0.371. The normalized spacial score (nSPS) is 17.2. The number of nitrogens with two attached hydrogens (primary N) is 2. The molecular formula is C27H33Cl2N5O8S. The number of anilines is 2. The van der Waals surface area contributed by atoms with Crippen LogP contribution >= 0.6 is 35.3 Å². The van der Waals surface area contributed by atoms with Crippen molar-refractivity contribution in [3.63, 3.8) is 0 Å². The second-order valence-corrected chi connectivity index (χ2v) is 11.4. The Hall–Kier alpha value is -3.27. The molecule has 2 aliphatic rings. The molecule has 0 saturated carbocycles. The molecular weight excluding hydrogens is 625 g/mol. The molecule has 0 aliphatic carbocycles. The Morgan fingerprint density at radius 3 is 2.42 bits per heavy atom. The highest BCUT2D eigenvalue weighted by atomic mass is 35.5. The van der Waals surface area contributed by atoms with E-state index in [-0.39, 0.29) is 42.9 Å². The molecule has 0 radical (unpaired) electrons. The Balaban J connectivity index is 0.00000506. The molecule has 4 rings (SSSR count). The van der Waals surface area contributed by atoms with Gasteiger partial charge in [-0.3, -0.25) is 29.0 Å². The van der Waals surface area contributed by atoms with Crippen molar-refractivity contribution in [1.82, 2.24) is 4.90 Å². The number of hydrogen-bond donors (Lipinski definition) is 2. The van der Waals surface area contributed by atoms with Crippen LogP contribution in [0.25, 0.3) is 0 Å². The second-order valence-electron chi connectivity index (χ2n) is 9.64. The van der Waals surface area contributed by atoms with E-state index in [0.29, 0.717) is 54.7 Å². The summed E-state index contributed by atoms with van der Waals surface area (Å²) in [7, 11) is 0. The number of carbonyl (C=O) groups excluding carboxylic acids is 5. The van der Waals surface area contributed by atoms with Crippen molar-refractivity contribution >= 4 is 76.5 Å². The van der Waals surface area contributed by atoms with E-state index in [1.165, 1.54) is 17.0 Å². The number of amides is 4. The summed E-state index contributed by atoms with van der Waals surface area (Å²) in [5.41, 5.74) is 12.5. The molecule has 3 heterocycles. The standard InChI is InChI=1S/C27H32ClN5O8S.ClH/c28-22-9-8-21(42-22)25(36)33(24(35)16-40-26(37)20(30)3-1-2-10-29)14-19-13-32(27(38)41-19)18-6-4-17(5-7-18)31-11-12-39-15-23(31)34;/h4-9,19-20H,1-3,10-16,29-30H2;1H/t19-,20+;/m1./s1. The number of nitrogens with zero attached hydrogens (tertiary/aromatic N) is 3. The molecule has 2 fully saturated rings. The van der Waals surface area contributed by atoms with Gasteiger partial charge in [0.1, 0.15) is 18.8 Å². The zero-order valence-electron chi connectivity index (χ0n) is 23.1. The number of unbranched alkanes of at least 4 members (excludes halogenated alkanes) is 1. The molecule has 234 valence electrons. The summed E-state index contributed by atoms with van der Waals surface area (Å²) in [4.78, 5) is 67.6. The molecule has 4 amide bonds. The summed E-state index contributed by atoms with van der Waals surface area (Å²) in [6.07, 6.45) is 0.139. The Labute approximate surface area is 263 Å². The number of esters is 1. The molecule has 1 aromatic carbocycles. The van der Waals surface area contributed by atoms with Gasteiger partial charge in [-0.2, -0.15) is 0 Å². The summed E-state index contributed by atoms with van der Waals surface area (Å²) in [5, 5.41) is 0. The fraction of sp³-hybridized carbons (Fsp3) is 0.444. The lowest BCUT2D eigenvalue weighted by Crippen LogP contribution is -2.45. The largest absolute Gasteiger partial charge is 0.454 e. The van der Waals surface area contributed by atoms with Crippen LogP contribution in [0.1, 0.15) is 28.9 Å². The number of morpholine rings is 1. The number of imide groups is 1. The van der Waals surface area contributed by atoms with Crippen LogP contribution in [0.4, 0.5) is 16.2 Å². The molecule has 0 unspecified atom stereocenters. The van der Waals surface area contributed by atoms with Gasteiger partial charge in [0.05, 0.1) is 28.9 Å². The summed E-state index contributed by atoms with van der Waals surface area (Å²) < 4.78 is 16.1. The molecule has 0 spiro atoms. The molecule has 43 heavy (non-hydrogen) atoms. The van der Waals surface area contributed by atoms with Crippen molar-refractivity contribution in [1.29, 1.82) is 0 Å². The number of cyclic esters (lactones) is 1. The van der Waals surface area contributed by atoms with Gasteiger partial charge in [-0.1, -0.05) is 18.0 Å². The van der Waals surface area contributed by atoms with Crippen LogP contribution in [0.3, 0.4) is 0 Å². The van der Waals surface area contributed by atoms with Gasteiger partial charge in [0.2, 0.25) is 0 Å². The van der Waals surface area contributed by atoms with E-state index in [9.17, 15) is 24.0 Å².